The molecule has 0 aliphatic heterocycles. The topological polar surface area (TPSA) is 69.4 Å². The van der Waals surface area contributed by atoms with Crippen molar-refractivity contribution >= 4 is 27.9 Å². The molecule has 0 fully saturated rings. The van der Waals surface area contributed by atoms with Crippen LogP contribution in [0.4, 0.5) is 0 Å². The van der Waals surface area contributed by atoms with Crippen LogP contribution in [-0.2, 0) is 0 Å². The predicted molar refractivity (Wildman–Crippen MR) is 81.1 cm³/mol. The predicted octanol–water partition coefficient (Wildman–Crippen LogP) is 2.65. The van der Waals surface area contributed by atoms with Crippen LogP contribution in [0.2, 0.25) is 4.47 Å². The van der Waals surface area contributed by atoms with E-state index in [1.54, 1.807) is 24.3 Å². The van der Waals surface area contributed by atoms with Crippen LogP contribution in [0.1, 0.15) is 13.8 Å². The lowest BCUT2D eigenvalue weighted by Gasteiger charge is -2.09. The van der Waals surface area contributed by atoms with Crippen LogP contribution in [0, 0.1) is 0 Å². The summed E-state index contributed by atoms with van der Waals surface area (Å²) in [4.78, 5) is 12.7. The molecule has 21 heavy (non-hydrogen) atoms. The minimum atomic E-state index is -0.347. The molecule has 2 aromatic heterocycles. The molecule has 0 atom stereocenters. The van der Waals surface area contributed by atoms with Crippen LogP contribution in [-0.4, -0.2) is 25.9 Å². The van der Waals surface area contributed by atoms with Gasteiger partial charge in [0.25, 0.3) is 0 Å². The summed E-state index contributed by atoms with van der Waals surface area (Å²) in [5.74, 6) is 0.736. The van der Waals surface area contributed by atoms with Gasteiger partial charge in [-0.1, -0.05) is 11.3 Å². The number of fused-ring (bicyclic) bond motifs is 1. The van der Waals surface area contributed by atoms with E-state index in [-0.39, 0.29) is 21.8 Å². The Morgan fingerprint density at radius 2 is 1.95 bits per heavy atom. The highest BCUT2D eigenvalue weighted by Crippen LogP contribution is 2.20. The van der Waals surface area contributed by atoms with E-state index in [0.29, 0.717) is 10.5 Å². The Hall–Kier alpha value is -1.99. The molecule has 0 saturated carbocycles. The summed E-state index contributed by atoms with van der Waals surface area (Å²) in [7, 11) is 0. The summed E-state index contributed by atoms with van der Waals surface area (Å²) in [5.41, 5.74) is 0.536. The maximum Gasteiger partial charge on any atom is 0.302 e. The van der Waals surface area contributed by atoms with Gasteiger partial charge in [0, 0.05) is 5.56 Å². The van der Waals surface area contributed by atoms with Gasteiger partial charge >= 0.3 is 5.56 Å². The quantitative estimate of drug-likeness (QED) is 0.741. The fourth-order valence-corrected chi connectivity index (χ4v) is 2.68. The van der Waals surface area contributed by atoms with Crippen LogP contribution in [0.3, 0.4) is 0 Å². The van der Waals surface area contributed by atoms with Crippen LogP contribution < -0.4 is 10.3 Å². The van der Waals surface area contributed by atoms with Gasteiger partial charge in [0.05, 0.1) is 6.10 Å². The fourth-order valence-electron chi connectivity index (χ4n) is 1.84. The number of halogens is 1. The number of hydrogen-bond donors (Lipinski definition) is 0. The van der Waals surface area contributed by atoms with Crippen molar-refractivity contribution in [2.75, 3.05) is 0 Å². The van der Waals surface area contributed by atoms with Crippen molar-refractivity contribution in [3.8, 4) is 17.0 Å². The fraction of sp³-hybridized carbons (Fsp3) is 0.231. The Balaban J connectivity index is 2.04. The first-order valence-electron chi connectivity index (χ1n) is 6.24. The van der Waals surface area contributed by atoms with Crippen molar-refractivity contribution < 1.29 is 4.74 Å². The largest absolute Gasteiger partial charge is 0.491 e. The van der Waals surface area contributed by atoms with Gasteiger partial charge < -0.3 is 4.74 Å². The van der Waals surface area contributed by atoms with Gasteiger partial charge in [-0.25, -0.2) is 0 Å². The van der Waals surface area contributed by atoms with Crippen molar-refractivity contribution in [2.45, 2.75) is 20.0 Å². The van der Waals surface area contributed by atoms with Gasteiger partial charge in [-0.15, -0.1) is 15.3 Å². The summed E-state index contributed by atoms with van der Waals surface area (Å²) in [6, 6.07) is 7.12. The first-order valence-corrected chi connectivity index (χ1v) is 7.43. The lowest BCUT2D eigenvalue weighted by Crippen LogP contribution is -2.18. The van der Waals surface area contributed by atoms with Crippen molar-refractivity contribution in [2.24, 2.45) is 0 Å². The van der Waals surface area contributed by atoms with Gasteiger partial charge in [0.1, 0.15) is 5.75 Å². The van der Waals surface area contributed by atoms with Gasteiger partial charge in [-0.05, 0) is 49.7 Å². The smallest absolute Gasteiger partial charge is 0.302 e. The van der Waals surface area contributed by atoms with E-state index in [4.69, 9.17) is 16.3 Å². The van der Waals surface area contributed by atoms with Crippen molar-refractivity contribution in [1.29, 1.82) is 0 Å². The number of aromatic nitrogens is 4. The maximum atomic E-state index is 12.3. The second-order valence-corrected chi connectivity index (χ2v) is 6.13. The molecular weight excluding hydrogens is 312 g/mol. The molecule has 108 valence electrons. The van der Waals surface area contributed by atoms with E-state index < -0.39 is 0 Å². The number of rotatable bonds is 3. The van der Waals surface area contributed by atoms with Gasteiger partial charge in [-0.3, -0.25) is 4.79 Å². The first kappa shape index (κ1) is 14.0. The Bertz CT molecular complexity index is 841. The highest BCUT2D eigenvalue weighted by molar-refractivity contribution is 7.20. The summed E-state index contributed by atoms with van der Waals surface area (Å²) < 4.78 is 6.97. The normalized spacial score (nSPS) is 11.2. The van der Waals surface area contributed by atoms with E-state index in [0.717, 1.165) is 21.6 Å². The van der Waals surface area contributed by atoms with E-state index in [2.05, 4.69) is 15.3 Å². The van der Waals surface area contributed by atoms with Crippen molar-refractivity contribution in [3.05, 3.63) is 39.1 Å². The van der Waals surface area contributed by atoms with Gasteiger partial charge in [0.2, 0.25) is 9.43 Å². The lowest BCUT2D eigenvalue weighted by atomic mass is 10.1. The molecule has 0 aliphatic carbocycles. The molecule has 0 radical (unpaired) electrons. The lowest BCUT2D eigenvalue weighted by molar-refractivity contribution is 0.242. The Kier molecular flexibility index (Phi) is 3.60. The van der Waals surface area contributed by atoms with Gasteiger partial charge in [0.15, 0.2) is 5.69 Å². The Morgan fingerprint density at radius 3 is 2.62 bits per heavy atom. The third-order valence-electron chi connectivity index (χ3n) is 2.67. The van der Waals surface area contributed by atoms with Crippen LogP contribution in [0.15, 0.2) is 29.1 Å². The second-order valence-electron chi connectivity index (χ2n) is 4.59. The SMILES string of the molecule is CC(C)Oc1ccc(-c2nnc3sc(Cl)nn3c2=O)cc1. The summed E-state index contributed by atoms with van der Waals surface area (Å²) in [6.07, 6.45) is 0.0924. The zero-order valence-electron chi connectivity index (χ0n) is 11.3. The average molecular weight is 323 g/mol. The molecule has 1 aromatic carbocycles. The highest BCUT2D eigenvalue weighted by Gasteiger charge is 2.13. The molecule has 0 saturated heterocycles. The summed E-state index contributed by atoms with van der Waals surface area (Å²) in [5, 5.41) is 11.8. The summed E-state index contributed by atoms with van der Waals surface area (Å²) >= 11 is 6.89. The summed E-state index contributed by atoms with van der Waals surface area (Å²) in [6.45, 7) is 3.90. The van der Waals surface area contributed by atoms with Crippen molar-refractivity contribution in [1.82, 2.24) is 19.8 Å². The molecule has 2 heterocycles. The zero-order chi connectivity index (χ0) is 15.0. The molecule has 0 amide bonds. The third-order valence-corrected chi connectivity index (χ3v) is 3.66. The molecule has 3 rings (SSSR count). The minimum Gasteiger partial charge on any atom is -0.491 e. The molecule has 0 aliphatic rings. The number of benzene rings is 1. The number of ether oxygens (including phenoxy) is 1. The van der Waals surface area contributed by atoms with Crippen LogP contribution >= 0.6 is 22.9 Å². The maximum absolute atomic E-state index is 12.3. The van der Waals surface area contributed by atoms with E-state index in [1.165, 1.54) is 0 Å². The van der Waals surface area contributed by atoms with E-state index in [9.17, 15) is 4.79 Å². The molecule has 0 N–H and O–H groups in total. The minimum absolute atomic E-state index is 0.0924. The molecule has 0 spiro atoms. The van der Waals surface area contributed by atoms with Crippen LogP contribution in [0.25, 0.3) is 16.2 Å². The van der Waals surface area contributed by atoms with E-state index >= 15 is 0 Å². The molecule has 6 nitrogen and oxygen atoms in total. The number of hydrogen-bond acceptors (Lipinski definition) is 6. The molecular formula is C13H11ClN4O2S. The molecule has 3 aromatic rings. The Labute approximate surface area is 129 Å². The standard InChI is InChI=1S/C13H11ClN4O2S/c1-7(2)20-9-5-3-8(4-6-9)10-11(19)18-13(16-15-10)21-12(14)17-18/h3-7H,1-2H3. The zero-order valence-corrected chi connectivity index (χ0v) is 12.9. The Morgan fingerprint density at radius 1 is 1.24 bits per heavy atom. The van der Waals surface area contributed by atoms with Gasteiger partial charge in [-0.2, -0.15) is 4.52 Å². The number of nitrogens with zero attached hydrogens (tertiary/aromatic N) is 4. The monoisotopic (exact) mass is 322 g/mol. The molecule has 0 bridgehead atoms. The first-order chi connectivity index (χ1) is 10.0. The average Bonchev–Trinajstić information content (AvgIpc) is 2.81. The molecule has 8 heteroatoms. The van der Waals surface area contributed by atoms with Crippen molar-refractivity contribution in [3.63, 3.8) is 0 Å². The molecule has 0 unspecified atom stereocenters. The van der Waals surface area contributed by atoms with Crippen LogP contribution in [0.5, 0.6) is 5.75 Å². The van der Waals surface area contributed by atoms with E-state index in [1.807, 2.05) is 13.8 Å². The highest BCUT2D eigenvalue weighted by atomic mass is 35.5. The second kappa shape index (κ2) is 5.42. The third kappa shape index (κ3) is 2.74.